The Morgan fingerprint density at radius 3 is 2.29 bits per heavy atom. The van der Waals surface area contributed by atoms with E-state index in [4.69, 9.17) is 4.74 Å². The Bertz CT molecular complexity index is 1230. The molecule has 2 aromatic rings. The number of nitrogens with zero attached hydrogens (tertiary/aromatic N) is 2. The van der Waals surface area contributed by atoms with Crippen molar-refractivity contribution in [1.29, 1.82) is 0 Å². The fraction of sp³-hybridized carbons (Fsp3) is 0.400. The number of amides is 2. The maximum atomic E-state index is 13.0. The van der Waals surface area contributed by atoms with E-state index < -0.39 is 10.0 Å². The first-order valence-corrected chi connectivity index (χ1v) is 13.0. The van der Waals surface area contributed by atoms with E-state index in [2.05, 4.69) is 5.32 Å². The number of carbonyl (C=O) groups is 3. The molecule has 0 radical (unpaired) electrons. The molecule has 1 N–H and O–H groups in total. The van der Waals surface area contributed by atoms with E-state index >= 15 is 0 Å². The first-order valence-electron chi connectivity index (χ1n) is 11.6. The number of nitrogens with one attached hydrogen (secondary N) is 1. The van der Waals surface area contributed by atoms with Gasteiger partial charge >= 0.3 is 0 Å². The van der Waals surface area contributed by atoms with Gasteiger partial charge in [-0.15, -0.1) is 0 Å². The van der Waals surface area contributed by atoms with Gasteiger partial charge in [-0.3, -0.25) is 14.4 Å². The van der Waals surface area contributed by atoms with E-state index in [-0.39, 0.29) is 41.5 Å². The third-order valence-corrected chi connectivity index (χ3v) is 8.45. The van der Waals surface area contributed by atoms with E-state index in [1.54, 1.807) is 23.1 Å². The Balaban J connectivity index is 1.37. The summed E-state index contributed by atoms with van der Waals surface area (Å²) in [5.74, 6) is -0.0730. The number of ketones is 1. The van der Waals surface area contributed by atoms with E-state index in [1.165, 1.54) is 42.6 Å². The zero-order valence-corrected chi connectivity index (χ0v) is 20.6. The number of methoxy groups -OCH3 is 1. The van der Waals surface area contributed by atoms with Crippen molar-refractivity contribution in [3.8, 4) is 5.75 Å². The molecule has 0 saturated carbocycles. The van der Waals surface area contributed by atoms with E-state index in [0.29, 0.717) is 48.5 Å². The van der Waals surface area contributed by atoms with Gasteiger partial charge in [0.15, 0.2) is 5.78 Å². The molecule has 2 aromatic carbocycles. The van der Waals surface area contributed by atoms with Crippen LogP contribution in [0.1, 0.15) is 43.0 Å². The Morgan fingerprint density at radius 1 is 1.03 bits per heavy atom. The Labute approximate surface area is 205 Å². The summed E-state index contributed by atoms with van der Waals surface area (Å²) >= 11 is 0. The maximum absolute atomic E-state index is 13.0. The normalized spacial score (nSPS) is 17.4. The highest BCUT2D eigenvalue weighted by molar-refractivity contribution is 7.89. The van der Waals surface area contributed by atoms with Gasteiger partial charge in [-0.1, -0.05) is 12.1 Å². The summed E-state index contributed by atoms with van der Waals surface area (Å²) in [5, 5.41) is 2.90. The smallest absolute Gasteiger partial charge is 0.243 e. The molecule has 0 aromatic heterocycles. The van der Waals surface area contributed by atoms with Crippen LogP contribution in [0.25, 0.3) is 0 Å². The van der Waals surface area contributed by atoms with Crippen LogP contribution in [0.5, 0.6) is 5.75 Å². The van der Waals surface area contributed by atoms with Crippen LogP contribution < -0.4 is 15.0 Å². The van der Waals surface area contributed by atoms with Crippen molar-refractivity contribution in [2.45, 2.75) is 37.5 Å². The number of ether oxygens (including phenoxy) is 1. The summed E-state index contributed by atoms with van der Waals surface area (Å²) in [5.41, 5.74) is 1.70. The SMILES string of the molecule is COc1cc(NC(=O)C2CCN(S(=O)(=O)c3ccc(C(C)=O)cc3)CC2)ccc1N1CCCC1=O. The van der Waals surface area contributed by atoms with Crippen molar-refractivity contribution < 1.29 is 27.5 Å². The zero-order chi connectivity index (χ0) is 25.2. The molecule has 2 aliphatic rings. The highest BCUT2D eigenvalue weighted by Gasteiger charge is 2.32. The Kier molecular flexibility index (Phi) is 7.23. The number of Topliss-reactive ketones (excluding diaryl/α,β-unsaturated/α-hetero) is 1. The number of carbonyl (C=O) groups excluding carboxylic acids is 3. The molecule has 2 saturated heterocycles. The van der Waals surface area contributed by atoms with Crippen LogP contribution in [-0.4, -0.2) is 57.1 Å². The molecular weight excluding hydrogens is 470 g/mol. The number of benzene rings is 2. The fourth-order valence-corrected chi connectivity index (χ4v) is 5.96. The molecule has 9 nitrogen and oxygen atoms in total. The van der Waals surface area contributed by atoms with E-state index in [1.807, 2.05) is 0 Å². The summed E-state index contributed by atoms with van der Waals surface area (Å²) in [7, 11) is -2.17. The molecular formula is C25H29N3O6S. The minimum absolute atomic E-state index is 0.0524. The van der Waals surface area contributed by atoms with Crippen LogP contribution in [0.4, 0.5) is 11.4 Å². The second-order valence-electron chi connectivity index (χ2n) is 8.78. The first kappa shape index (κ1) is 24.9. The number of hydrogen-bond acceptors (Lipinski definition) is 6. The van der Waals surface area contributed by atoms with Crippen molar-refractivity contribution in [1.82, 2.24) is 4.31 Å². The zero-order valence-electron chi connectivity index (χ0n) is 19.8. The van der Waals surface area contributed by atoms with Crippen molar-refractivity contribution >= 4 is 39.0 Å². The Morgan fingerprint density at radius 2 is 1.71 bits per heavy atom. The minimum Gasteiger partial charge on any atom is -0.494 e. The molecule has 0 spiro atoms. The number of hydrogen-bond donors (Lipinski definition) is 1. The molecule has 2 aliphatic heterocycles. The highest BCUT2D eigenvalue weighted by Crippen LogP contribution is 2.34. The second kappa shape index (κ2) is 10.2. The van der Waals surface area contributed by atoms with Crippen LogP contribution in [-0.2, 0) is 19.6 Å². The van der Waals surface area contributed by atoms with Gasteiger partial charge in [0.2, 0.25) is 21.8 Å². The standard InChI is InChI=1S/C25H29N3O6S/c1-17(29)18-5-8-21(9-6-18)35(32,33)27-14-11-19(12-15-27)25(31)26-20-7-10-22(23(16-20)34-2)28-13-3-4-24(28)30/h5-10,16,19H,3-4,11-15H2,1-2H3,(H,26,31). The predicted molar refractivity (Wildman–Crippen MR) is 131 cm³/mol. The van der Waals surface area contributed by atoms with Gasteiger partial charge in [0.1, 0.15) is 5.75 Å². The van der Waals surface area contributed by atoms with Gasteiger partial charge in [-0.25, -0.2) is 8.42 Å². The van der Waals surface area contributed by atoms with E-state index in [0.717, 1.165) is 6.42 Å². The minimum atomic E-state index is -3.70. The van der Waals surface area contributed by atoms with Crippen LogP contribution in [0.3, 0.4) is 0 Å². The largest absolute Gasteiger partial charge is 0.494 e. The van der Waals surface area contributed by atoms with Gasteiger partial charge in [0.05, 0.1) is 17.7 Å². The van der Waals surface area contributed by atoms with Crippen molar-refractivity contribution in [2.24, 2.45) is 5.92 Å². The monoisotopic (exact) mass is 499 g/mol. The van der Waals surface area contributed by atoms with Gasteiger partial charge in [0, 0.05) is 49.3 Å². The van der Waals surface area contributed by atoms with Crippen LogP contribution in [0.2, 0.25) is 0 Å². The summed E-state index contributed by atoms with van der Waals surface area (Å²) in [6.07, 6.45) is 2.11. The number of anilines is 2. The topological polar surface area (TPSA) is 113 Å². The van der Waals surface area contributed by atoms with Crippen LogP contribution >= 0.6 is 0 Å². The molecule has 0 atom stereocenters. The summed E-state index contributed by atoms with van der Waals surface area (Å²) in [6.45, 7) is 2.53. The van der Waals surface area contributed by atoms with Gasteiger partial charge in [0.25, 0.3) is 0 Å². The quantitative estimate of drug-likeness (QED) is 0.586. The lowest BCUT2D eigenvalue weighted by Crippen LogP contribution is -2.41. The average Bonchev–Trinajstić information content (AvgIpc) is 3.29. The molecule has 4 rings (SSSR count). The lowest BCUT2D eigenvalue weighted by atomic mass is 9.97. The molecule has 0 unspecified atom stereocenters. The maximum Gasteiger partial charge on any atom is 0.243 e. The fourth-order valence-electron chi connectivity index (χ4n) is 4.49. The molecule has 0 bridgehead atoms. The molecule has 2 fully saturated rings. The highest BCUT2D eigenvalue weighted by atomic mass is 32.2. The number of rotatable bonds is 7. The Hall–Kier alpha value is -3.24. The van der Waals surface area contributed by atoms with Crippen molar-refractivity contribution in [3.63, 3.8) is 0 Å². The number of piperidine rings is 1. The lowest BCUT2D eigenvalue weighted by molar-refractivity contribution is -0.121. The van der Waals surface area contributed by atoms with Gasteiger partial charge in [-0.2, -0.15) is 4.31 Å². The van der Waals surface area contributed by atoms with Gasteiger partial charge < -0.3 is 15.0 Å². The molecule has 0 aliphatic carbocycles. The van der Waals surface area contributed by atoms with Crippen LogP contribution in [0, 0.1) is 5.92 Å². The lowest BCUT2D eigenvalue weighted by Gasteiger charge is -2.30. The average molecular weight is 500 g/mol. The predicted octanol–water partition coefficient (Wildman–Crippen LogP) is 3.06. The van der Waals surface area contributed by atoms with Crippen LogP contribution in [0.15, 0.2) is 47.4 Å². The summed E-state index contributed by atoms with van der Waals surface area (Å²) in [4.78, 5) is 38.2. The third kappa shape index (κ3) is 5.23. The van der Waals surface area contributed by atoms with Gasteiger partial charge in [-0.05, 0) is 50.5 Å². The molecule has 35 heavy (non-hydrogen) atoms. The molecule has 2 heterocycles. The molecule has 2 amide bonds. The van der Waals surface area contributed by atoms with Crippen molar-refractivity contribution in [3.05, 3.63) is 48.0 Å². The number of sulfonamides is 1. The summed E-state index contributed by atoms with van der Waals surface area (Å²) in [6, 6.07) is 11.1. The third-order valence-electron chi connectivity index (χ3n) is 6.53. The first-order chi connectivity index (χ1) is 16.7. The molecule has 10 heteroatoms. The molecule has 186 valence electrons. The second-order valence-corrected chi connectivity index (χ2v) is 10.7. The summed E-state index contributed by atoms with van der Waals surface area (Å²) < 4.78 is 32.8. The van der Waals surface area contributed by atoms with E-state index in [9.17, 15) is 22.8 Å². The van der Waals surface area contributed by atoms with Crippen molar-refractivity contribution in [2.75, 3.05) is 37.0 Å².